The zero-order valence-corrected chi connectivity index (χ0v) is 15.4. The van der Waals surface area contributed by atoms with Gasteiger partial charge in [-0.15, -0.1) is 24.8 Å². The van der Waals surface area contributed by atoms with E-state index < -0.39 is 17.8 Å². The van der Waals surface area contributed by atoms with Crippen molar-refractivity contribution in [2.45, 2.75) is 19.0 Å². The minimum Gasteiger partial charge on any atom is -0.355 e. The van der Waals surface area contributed by atoms with Crippen LogP contribution in [0.5, 0.6) is 0 Å². The maximum atomic E-state index is 12.5. The predicted molar refractivity (Wildman–Crippen MR) is 94.4 cm³/mol. The Labute approximate surface area is 161 Å². The highest BCUT2D eigenvalue weighted by Crippen LogP contribution is 2.27. The van der Waals surface area contributed by atoms with E-state index in [0.717, 1.165) is 18.3 Å². The number of nitrogens with zero attached hydrogens (tertiary/aromatic N) is 2. The summed E-state index contributed by atoms with van der Waals surface area (Å²) in [5.74, 6) is -0.923. The molecule has 26 heavy (non-hydrogen) atoms. The number of rotatable bonds is 4. The first-order valence-electron chi connectivity index (χ1n) is 7.63. The molecule has 1 aliphatic rings. The number of carbonyl (C=O) groups excluding carboxylic acids is 2. The lowest BCUT2D eigenvalue weighted by Gasteiger charge is -2.32. The van der Waals surface area contributed by atoms with Crippen molar-refractivity contribution >= 4 is 36.6 Å². The van der Waals surface area contributed by atoms with E-state index in [9.17, 15) is 22.8 Å². The normalized spacial score (nSPS) is 16.9. The number of amides is 2. The summed E-state index contributed by atoms with van der Waals surface area (Å²) in [6.45, 7) is 1.39. The molecule has 1 aromatic heterocycles. The fourth-order valence-electron chi connectivity index (χ4n) is 2.59. The van der Waals surface area contributed by atoms with Gasteiger partial charge >= 0.3 is 6.18 Å². The third-order valence-corrected chi connectivity index (χ3v) is 3.82. The lowest BCUT2D eigenvalue weighted by Crippen LogP contribution is -2.46. The zero-order valence-electron chi connectivity index (χ0n) is 13.8. The molecular formula is C15H21Cl2F3N4O2. The smallest absolute Gasteiger partial charge is 0.355 e. The molecule has 0 aromatic carbocycles. The number of likely N-dealkylation sites (tertiary alicyclic amines) is 1. The molecule has 148 valence electrons. The van der Waals surface area contributed by atoms with Crippen molar-refractivity contribution in [1.82, 2.24) is 15.2 Å². The van der Waals surface area contributed by atoms with Gasteiger partial charge < -0.3 is 16.0 Å². The van der Waals surface area contributed by atoms with Crippen LogP contribution in [0, 0.1) is 5.92 Å². The third-order valence-electron chi connectivity index (χ3n) is 3.82. The summed E-state index contributed by atoms with van der Waals surface area (Å²) in [4.78, 5) is 29.1. The van der Waals surface area contributed by atoms with E-state index in [1.807, 2.05) is 0 Å². The van der Waals surface area contributed by atoms with Gasteiger partial charge in [-0.05, 0) is 25.0 Å². The van der Waals surface area contributed by atoms with Crippen LogP contribution in [0.1, 0.15) is 28.9 Å². The van der Waals surface area contributed by atoms with Crippen molar-refractivity contribution in [2.24, 2.45) is 11.7 Å². The van der Waals surface area contributed by atoms with E-state index in [4.69, 9.17) is 5.73 Å². The molecule has 1 saturated heterocycles. The van der Waals surface area contributed by atoms with E-state index in [1.165, 1.54) is 4.90 Å². The molecule has 3 N–H and O–H groups in total. The summed E-state index contributed by atoms with van der Waals surface area (Å²) < 4.78 is 37.5. The summed E-state index contributed by atoms with van der Waals surface area (Å²) in [6, 6.07) is 1.89. The van der Waals surface area contributed by atoms with E-state index in [-0.39, 0.29) is 48.7 Å². The first kappa shape index (κ1) is 24.4. The second kappa shape index (κ2) is 10.5. The maximum Gasteiger partial charge on any atom is 0.433 e. The highest BCUT2D eigenvalue weighted by atomic mass is 35.5. The van der Waals surface area contributed by atoms with Gasteiger partial charge in [0, 0.05) is 32.4 Å². The molecule has 2 heterocycles. The second-order valence-electron chi connectivity index (χ2n) is 5.60. The molecule has 0 radical (unpaired) electrons. The first-order valence-corrected chi connectivity index (χ1v) is 7.63. The van der Waals surface area contributed by atoms with E-state index in [2.05, 4.69) is 10.3 Å². The number of alkyl halides is 3. The van der Waals surface area contributed by atoms with Crippen molar-refractivity contribution in [3.05, 3.63) is 29.6 Å². The van der Waals surface area contributed by atoms with Crippen molar-refractivity contribution in [3.8, 4) is 0 Å². The van der Waals surface area contributed by atoms with Crippen LogP contribution in [0.25, 0.3) is 0 Å². The van der Waals surface area contributed by atoms with Gasteiger partial charge in [0.1, 0.15) is 5.69 Å². The molecule has 0 bridgehead atoms. The van der Waals surface area contributed by atoms with Gasteiger partial charge in [-0.2, -0.15) is 13.2 Å². The standard InChI is InChI=1S/C15H19F3N4O2.2ClH/c16-15(17,18)12-4-3-10(8-21-12)14(24)22-7-1-2-11(9-22)13(23)20-6-5-19;;/h3-4,8,11H,1-2,5-7,9,19H2,(H,20,23);2*1H. The topological polar surface area (TPSA) is 88.3 Å². The van der Waals surface area contributed by atoms with Gasteiger partial charge in [-0.1, -0.05) is 0 Å². The van der Waals surface area contributed by atoms with Crippen LogP contribution in [0.3, 0.4) is 0 Å². The van der Waals surface area contributed by atoms with Crippen LogP contribution in [-0.4, -0.2) is 47.9 Å². The number of piperidine rings is 1. The summed E-state index contributed by atoms with van der Waals surface area (Å²) in [5, 5.41) is 2.69. The van der Waals surface area contributed by atoms with Gasteiger partial charge in [-0.25, -0.2) is 0 Å². The van der Waals surface area contributed by atoms with Crippen molar-refractivity contribution < 1.29 is 22.8 Å². The molecule has 2 amide bonds. The van der Waals surface area contributed by atoms with Gasteiger partial charge in [0.25, 0.3) is 5.91 Å². The summed E-state index contributed by atoms with van der Waals surface area (Å²) >= 11 is 0. The van der Waals surface area contributed by atoms with Crippen LogP contribution in [0.4, 0.5) is 13.2 Å². The Hall–Kier alpha value is -1.58. The molecule has 0 aliphatic carbocycles. The molecule has 6 nitrogen and oxygen atoms in total. The van der Waals surface area contributed by atoms with Crippen molar-refractivity contribution in [1.29, 1.82) is 0 Å². The fourth-order valence-corrected chi connectivity index (χ4v) is 2.59. The van der Waals surface area contributed by atoms with Crippen LogP contribution in [0.2, 0.25) is 0 Å². The monoisotopic (exact) mass is 416 g/mol. The average Bonchev–Trinajstić information content (AvgIpc) is 2.58. The molecule has 0 spiro atoms. The van der Waals surface area contributed by atoms with E-state index >= 15 is 0 Å². The minimum atomic E-state index is -4.54. The largest absolute Gasteiger partial charge is 0.433 e. The van der Waals surface area contributed by atoms with Crippen molar-refractivity contribution in [2.75, 3.05) is 26.2 Å². The maximum absolute atomic E-state index is 12.5. The molecular weight excluding hydrogens is 396 g/mol. The number of nitrogens with two attached hydrogens (primary N) is 1. The molecule has 0 saturated carbocycles. The lowest BCUT2D eigenvalue weighted by molar-refractivity contribution is -0.141. The molecule has 1 aromatic rings. The average molecular weight is 417 g/mol. The lowest BCUT2D eigenvalue weighted by atomic mass is 9.96. The van der Waals surface area contributed by atoms with Gasteiger partial charge in [0.15, 0.2) is 0 Å². The highest BCUT2D eigenvalue weighted by Gasteiger charge is 2.33. The Balaban J connectivity index is 0.00000312. The molecule has 11 heteroatoms. The molecule has 2 rings (SSSR count). The first-order chi connectivity index (χ1) is 11.3. The minimum absolute atomic E-state index is 0. The van der Waals surface area contributed by atoms with Crippen LogP contribution >= 0.6 is 24.8 Å². The number of halogens is 5. The summed E-state index contributed by atoms with van der Waals surface area (Å²) in [6.07, 6.45) is -2.31. The molecule has 1 atom stereocenters. The Morgan fingerprint density at radius 2 is 2.00 bits per heavy atom. The Kier molecular flexibility index (Phi) is 9.90. The zero-order chi connectivity index (χ0) is 17.7. The van der Waals surface area contributed by atoms with Crippen LogP contribution in [0.15, 0.2) is 18.3 Å². The Bertz CT molecular complexity index is 600. The summed E-state index contributed by atoms with van der Waals surface area (Å²) in [7, 11) is 0. The highest BCUT2D eigenvalue weighted by molar-refractivity contribution is 5.94. The molecule has 1 fully saturated rings. The number of hydrogen-bond acceptors (Lipinski definition) is 4. The van der Waals surface area contributed by atoms with Gasteiger partial charge in [0.2, 0.25) is 5.91 Å². The third kappa shape index (κ3) is 6.30. The number of aromatic nitrogens is 1. The number of hydrogen-bond donors (Lipinski definition) is 2. The van der Waals surface area contributed by atoms with Crippen LogP contribution < -0.4 is 11.1 Å². The van der Waals surface area contributed by atoms with Crippen molar-refractivity contribution in [3.63, 3.8) is 0 Å². The van der Waals surface area contributed by atoms with Gasteiger partial charge in [-0.3, -0.25) is 14.6 Å². The second-order valence-corrected chi connectivity index (χ2v) is 5.60. The molecule has 1 aliphatic heterocycles. The Morgan fingerprint density at radius 3 is 2.54 bits per heavy atom. The van der Waals surface area contributed by atoms with Crippen LogP contribution in [-0.2, 0) is 11.0 Å². The number of nitrogens with one attached hydrogen (secondary N) is 1. The number of carbonyl (C=O) groups is 2. The SMILES string of the molecule is Cl.Cl.NCCNC(=O)C1CCCN(C(=O)c2ccc(C(F)(F)F)nc2)C1. The predicted octanol–water partition coefficient (Wildman–Crippen LogP) is 1.87. The summed E-state index contributed by atoms with van der Waals surface area (Å²) in [5.41, 5.74) is 4.36. The van der Waals surface area contributed by atoms with E-state index in [1.54, 1.807) is 0 Å². The van der Waals surface area contributed by atoms with Gasteiger partial charge in [0.05, 0.1) is 11.5 Å². The Morgan fingerprint density at radius 1 is 1.31 bits per heavy atom. The number of pyridine rings is 1. The van der Waals surface area contributed by atoms with E-state index in [0.29, 0.717) is 32.5 Å². The quantitative estimate of drug-likeness (QED) is 0.783. The molecule has 1 unspecified atom stereocenters. The fraction of sp³-hybridized carbons (Fsp3) is 0.533.